The van der Waals surface area contributed by atoms with E-state index < -0.39 is 8.80 Å². The predicted octanol–water partition coefficient (Wildman–Crippen LogP) is 1.78. The molecule has 0 fully saturated rings. The third-order valence-corrected chi connectivity index (χ3v) is 5.03. The molecule has 0 aliphatic carbocycles. The van der Waals surface area contributed by atoms with Crippen LogP contribution in [0.3, 0.4) is 0 Å². The predicted molar refractivity (Wildman–Crippen MR) is 70.5 cm³/mol. The normalized spacial score (nSPS) is 12.7. The van der Waals surface area contributed by atoms with E-state index >= 15 is 0 Å². The number of hydrogen-bond donors (Lipinski definition) is 0. The van der Waals surface area contributed by atoms with Crippen molar-refractivity contribution in [2.75, 3.05) is 13.2 Å². The van der Waals surface area contributed by atoms with Gasteiger partial charge in [-0.25, -0.2) is 0 Å². The Morgan fingerprint density at radius 3 is 2.19 bits per heavy atom. The highest BCUT2D eigenvalue weighted by molar-refractivity contribution is 6.78. The SMILES string of the molecule is C=C[SiH](c1ccccc1)C(OCC)OCC. The van der Waals surface area contributed by atoms with Gasteiger partial charge in [-0.1, -0.05) is 41.2 Å². The van der Waals surface area contributed by atoms with Gasteiger partial charge in [0.25, 0.3) is 0 Å². The van der Waals surface area contributed by atoms with Gasteiger partial charge in [0.2, 0.25) is 0 Å². The minimum atomic E-state index is -1.40. The van der Waals surface area contributed by atoms with Crippen molar-refractivity contribution in [3.8, 4) is 0 Å². The number of benzene rings is 1. The second-order valence-electron chi connectivity index (χ2n) is 3.45. The van der Waals surface area contributed by atoms with Crippen molar-refractivity contribution in [1.82, 2.24) is 0 Å². The molecule has 0 N–H and O–H groups in total. The van der Waals surface area contributed by atoms with Crippen LogP contribution in [0.25, 0.3) is 0 Å². The van der Waals surface area contributed by atoms with Crippen molar-refractivity contribution < 1.29 is 9.47 Å². The summed E-state index contributed by atoms with van der Waals surface area (Å²) in [6, 6.07) is 10.4. The lowest BCUT2D eigenvalue weighted by Crippen LogP contribution is -2.44. The summed E-state index contributed by atoms with van der Waals surface area (Å²) < 4.78 is 11.3. The van der Waals surface area contributed by atoms with Gasteiger partial charge in [0.1, 0.15) is 5.91 Å². The van der Waals surface area contributed by atoms with Gasteiger partial charge in [0.05, 0.1) is 0 Å². The summed E-state index contributed by atoms with van der Waals surface area (Å²) in [6.45, 7) is 9.26. The summed E-state index contributed by atoms with van der Waals surface area (Å²) >= 11 is 0. The first-order valence-electron chi connectivity index (χ1n) is 5.74. The first-order chi connectivity index (χ1) is 7.83. The van der Waals surface area contributed by atoms with Crippen molar-refractivity contribution in [2.24, 2.45) is 0 Å². The highest BCUT2D eigenvalue weighted by Gasteiger charge is 2.22. The minimum absolute atomic E-state index is 0.102. The fourth-order valence-corrected chi connectivity index (χ4v) is 3.94. The van der Waals surface area contributed by atoms with E-state index in [4.69, 9.17) is 9.47 Å². The Morgan fingerprint density at radius 2 is 1.75 bits per heavy atom. The molecule has 3 heteroatoms. The molecule has 1 aromatic rings. The van der Waals surface area contributed by atoms with E-state index in [0.29, 0.717) is 13.2 Å². The van der Waals surface area contributed by atoms with Gasteiger partial charge >= 0.3 is 0 Å². The fourth-order valence-electron chi connectivity index (χ4n) is 1.66. The molecule has 0 aromatic heterocycles. The molecule has 0 aliphatic heterocycles. The van der Waals surface area contributed by atoms with Crippen molar-refractivity contribution in [3.63, 3.8) is 0 Å². The lowest BCUT2D eigenvalue weighted by Gasteiger charge is -2.23. The Labute approximate surface area is 99.5 Å². The van der Waals surface area contributed by atoms with Crippen molar-refractivity contribution in [3.05, 3.63) is 42.6 Å². The molecule has 88 valence electrons. The zero-order valence-electron chi connectivity index (χ0n) is 10.1. The maximum Gasteiger partial charge on any atom is 0.159 e. The van der Waals surface area contributed by atoms with E-state index in [1.54, 1.807) is 0 Å². The smallest absolute Gasteiger partial charge is 0.159 e. The molecular weight excluding hydrogens is 216 g/mol. The van der Waals surface area contributed by atoms with E-state index in [0.717, 1.165) is 0 Å². The molecule has 0 heterocycles. The van der Waals surface area contributed by atoms with Crippen LogP contribution >= 0.6 is 0 Å². The summed E-state index contributed by atoms with van der Waals surface area (Å²) in [6.07, 6.45) is 0. The first kappa shape index (κ1) is 13.2. The molecule has 16 heavy (non-hydrogen) atoms. The third kappa shape index (κ3) is 3.59. The topological polar surface area (TPSA) is 18.5 Å². The highest BCUT2D eigenvalue weighted by Crippen LogP contribution is 2.03. The molecule has 0 saturated heterocycles. The second kappa shape index (κ2) is 7.38. The van der Waals surface area contributed by atoms with Gasteiger partial charge in [0, 0.05) is 13.2 Å². The first-order valence-corrected chi connectivity index (χ1v) is 7.65. The summed E-state index contributed by atoms with van der Waals surface area (Å²) in [5.74, 6) is -0.102. The molecule has 0 aliphatic rings. The van der Waals surface area contributed by atoms with Gasteiger partial charge in [-0.15, -0.1) is 6.58 Å². The van der Waals surface area contributed by atoms with Gasteiger partial charge in [-0.05, 0) is 13.8 Å². The summed E-state index contributed by atoms with van der Waals surface area (Å²) in [5.41, 5.74) is 2.02. The third-order valence-electron chi connectivity index (χ3n) is 2.39. The van der Waals surface area contributed by atoms with Crippen LogP contribution < -0.4 is 5.19 Å². The molecule has 0 radical (unpaired) electrons. The van der Waals surface area contributed by atoms with Crippen LogP contribution in [0.15, 0.2) is 42.6 Å². The van der Waals surface area contributed by atoms with Crippen molar-refractivity contribution in [2.45, 2.75) is 19.8 Å². The van der Waals surface area contributed by atoms with E-state index in [2.05, 4.69) is 18.7 Å². The lowest BCUT2D eigenvalue weighted by molar-refractivity contribution is -0.0836. The van der Waals surface area contributed by atoms with Crippen LogP contribution in [0.1, 0.15) is 13.8 Å². The largest absolute Gasteiger partial charge is 0.356 e. The van der Waals surface area contributed by atoms with E-state index in [-0.39, 0.29) is 5.91 Å². The molecular formula is C13H20O2Si. The number of rotatable bonds is 7. The molecule has 0 amide bonds. The fraction of sp³-hybridized carbons (Fsp3) is 0.385. The molecule has 1 atom stereocenters. The van der Waals surface area contributed by atoms with E-state index in [1.807, 2.05) is 37.7 Å². The highest BCUT2D eigenvalue weighted by atomic mass is 28.3. The number of ether oxygens (including phenoxy) is 2. The van der Waals surface area contributed by atoms with Crippen molar-refractivity contribution >= 4 is 14.0 Å². The Hall–Kier alpha value is -0.903. The molecule has 0 spiro atoms. The minimum Gasteiger partial charge on any atom is -0.356 e. The van der Waals surface area contributed by atoms with Gasteiger partial charge in [0.15, 0.2) is 8.80 Å². The molecule has 1 unspecified atom stereocenters. The van der Waals surface area contributed by atoms with Crippen LogP contribution in [0.5, 0.6) is 0 Å². The van der Waals surface area contributed by atoms with Gasteiger partial charge in [-0.2, -0.15) is 0 Å². The van der Waals surface area contributed by atoms with Crippen LogP contribution in [-0.4, -0.2) is 27.9 Å². The van der Waals surface area contributed by atoms with Crippen LogP contribution in [0, 0.1) is 0 Å². The Kier molecular flexibility index (Phi) is 6.07. The molecule has 2 nitrogen and oxygen atoms in total. The molecule has 0 bridgehead atoms. The number of hydrogen-bond acceptors (Lipinski definition) is 2. The quantitative estimate of drug-likeness (QED) is 0.531. The Morgan fingerprint density at radius 1 is 1.19 bits per heavy atom. The van der Waals surface area contributed by atoms with Crippen molar-refractivity contribution in [1.29, 1.82) is 0 Å². The lowest BCUT2D eigenvalue weighted by atomic mass is 10.4. The van der Waals surface area contributed by atoms with Crippen LogP contribution in [0.2, 0.25) is 0 Å². The van der Waals surface area contributed by atoms with Gasteiger partial charge in [-0.3, -0.25) is 0 Å². The summed E-state index contributed by atoms with van der Waals surface area (Å²) in [5, 5.41) is 1.31. The molecule has 0 saturated carbocycles. The van der Waals surface area contributed by atoms with Crippen LogP contribution in [0.4, 0.5) is 0 Å². The maximum atomic E-state index is 5.66. The summed E-state index contributed by atoms with van der Waals surface area (Å²) in [4.78, 5) is 0. The monoisotopic (exact) mass is 236 g/mol. The summed E-state index contributed by atoms with van der Waals surface area (Å²) in [7, 11) is -1.40. The Balaban J connectivity index is 2.81. The average molecular weight is 236 g/mol. The van der Waals surface area contributed by atoms with Crippen LogP contribution in [-0.2, 0) is 9.47 Å². The zero-order valence-corrected chi connectivity index (χ0v) is 11.2. The zero-order chi connectivity index (χ0) is 11.8. The molecule has 1 rings (SSSR count). The van der Waals surface area contributed by atoms with Gasteiger partial charge < -0.3 is 9.47 Å². The standard InChI is InChI=1S/C13H20O2Si/c1-4-14-13(15-5-2)16(6-3)12-10-8-7-9-11-12/h6-11,13,16H,3-5H2,1-2H3. The maximum absolute atomic E-state index is 5.66. The van der Waals surface area contributed by atoms with E-state index in [1.165, 1.54) is 5.19 Å². The van der Waals surface area contributed by atoms with E-state index in [9.17, 15) is 0 Å². The Bertz CT molecular complexity index is 294. The average Bonchev–Trinajstić information content (AvgIpc) is 2.32. The second-order valence-corrected chi connectivity index (χ2v) is 6.19. The molecule has 1 aromatic carbocycles.